The van der Waals surface area contributed by atoms with Gasteiger partial charge >= 0.3 is 0 Å². The summed E-state index contributed by atoms with van der Waals surface area (Å²) in [5.74, 6) is 1.04. The van der Waals surface area contributed by atoms with Crippen molar-refractivity contribution < 1.29 is 14.3 Å². The van der Waals surface area contributed by atoms with Gasteiger partial charge in [-0.15, -0.1) is 11.3 Å². The molecule has 126 valence electrons. The van der Waals surface area contributed by atoms with Gasteiger partial charge in [-0.2, -0.15) is 0 Å². The van der Waals surface area contributed by atoms with E-state index in [0.717, 1.165) is 30.6 Å². The summed E-state index contributed by atoms with van der Waals surface area (Å²) in [5, 5.41) is 5.21. The summed E-state index contributed by atoms with van der Waals surface area (Å²) in [6.07, 6.45) is 3.49. The first-order valence-corrected chi connectivity index (χ1v) is 9.26. The smallest absolute Gasteiger partial charge is 0.226 e. The molecule has 1 aromatic heterocycles. The van der Waals surface area contributed by atoms with Crippen LogP contribution in [0.3, 0.4) is 0 Å². The zero-order valence-corrected chi connectivity index (χ0v) is 14.5. The number of methoxy groups -OCH3 is 1. The van der Waals surface area contributed by atoms with Crippen molar-refractivity contribution in [3.63, 3.8) is 0 Å². The van der Waals surface area contributed by atoms with Crippen LogP contribution in [0.1, 0.15) is 24.1 Å². The average Bonchev–Trinajstić information content (AvgIpc) is 3.36. The number of amides is 1. The second-order valence-corrected chi connectivity index (χ2v) is 7.46. The number of nitrogens with one attached hydrogen (secondary N) is 1. The van der Waals surface area contributed by atoms with Gasteiger partial charge in [-0.05, 0) is 54.0 Å². The van der Waals surface area contributed by atoms with Crippen molar-refractivity contribution in [2.45, 2.75) is 38.0 Å². The molecule has 2 aliphatic rings. The van der Waals surface area contributed by atoms with Gasteiger partial charge in [-0.25, -0.2) is 0 Å². The minimum absolute atomic E-state index is 0.0461. The molecule has 3 heterocycles. The van der Waals surface area contributed by atoms with Gasteiger partial charge in [-0.3, -0.25) is 4.79 Å². The van der Waals surface area contributed by atoms with Crippen LogP contribution in [0.5, 0.6) is 5.75 Å². The van der Waals surface area contributed by atoms with Crippen molar-refractivity contribution >= 4 is 17.2 Å². The molecule has 0 saturated carbocycles. The van der Waals surface area contributed by atoms with Crippen LogP contribution in [0.4, 0.5) is 0 Å². The molecule has 4 nitrogen and oxygen atoms in total. The predicted molar refractivity (Wildman–Crippen MR) is 94.2 cm³/mol. The Bertz CT molecular complexity index is 724. The molecule has 5 heteroatoms. The van der Waals surface area contributed by atoms with Gasteiger partial charge in [0.2, 0.25) is 5.91 Å². The van der Waals surface area contributed by atoms with Crippen molar-refractivity contribution in [2.75, 3.05) is 7.11 Å². The first-order valence-electron chi connectivity index (χ1n) is 8.38. The van der Waals surface area contributed by atoms with E-state index in [2.05, 4.69) is 28.9 Å². The van der Waals surface area contributed by atoms with Crippen molar-refractivity contribution in [2.24, 2.45) is 5.92 Å². The second-order valence-electron chi connectivity index (χ2n) is 6.46. The van der Waals surface area contributed by atoms with E-state index in [-0.39, 0.29) is 17.9 Å². The molecule has 1 amide bonds. The fourth-order valence-electron chi connectivity index (χ4n) is 3.63. The number of thiophene rings is 1. The summed E-state index contributed by atoms with van der Waals surface area (Å²) in [5.41, 5.74) is 2.33. The zero-order valence-electron chi connectivity index (χ0n) is 13.7. The van der Waals surface area contributed by atoms with E-state index in [0.29, 0.717) is 12.6 Å². The van der Waals surface area contributed by atoms with E-state index >= 15 is 0 Å². The highest BCUT2D eigenvalue weighted by Crippen LogP contribution is 2.38. The molecule has 1 aromatic carbocycles. The van der Waals surface area contributed by atoms with Gasteiger partial charge in [0, 0.05) is 4.88 Å². The zero-order chi connectivity index (χ0) is 16.5. The highest BCUT2D eigenvalue weighted by atomic mass is 32.1. The number of carbonyl (C=O) groups is 1. The summed E-state index contributed by atoms with van der Waals surface area (Å²) < 4.78 is 11.0. The van der Waals surface area contributed by atoms with Crippen molar-refractivity contribution in [3.05, 3.63) is 40.6 Å². The number of fused-ring (bicyclic) bond motifs is 2. The van der Waals surface area contributed by atoms with Crippen LogP contribution in [-0.4, -0.2) is 25.2 Å². The third-order valence-corrected chi connectivity index (χ3v) is 5.89. The maximum atomic E-state index is 12.4. The first-order chi connectivity index (χ1) is 11.7. The van der Waals surface area contributed by atoms with Gasteiger partial charge in [0.25, 0.3) is 0 Å². The Hall–Kier alpha value is -1.85. The Balaban J connectivity index is 1.35. The Morgan fingerprint density at radius 1 is 1.29 bits per heavy atom. The summed E-state index contributed by atoms with van der Waals surface area (Å²) in [6, 6.07) is 10.2. The van der Waals surface area contributed by atoms with Gasteiger partial charge in [0.05, 0.1) is 31.8 Å². The van der Waals surface area contributed by atoms with E-state index in [4.69, 9.17) is 9.47 Å². The molecule has 2 aromatic rings. The molecule has 2 fully saturated rings. The lowest BCUT2D eigenvalue weighted by atomic mass is 9.88. The summed E-state index contributed by atoms with van der Waals surface area (Å²) in [7, 11) is 1.67. The van der Waals surface area contributed by atoms with Crippen molar-refractivity contribution in [1.82, 2.24) is 5.32 Å². The van der Waals surface area contributed by atoms with Crippen LogP contribution in [0, 0.1) is 5.92 Å². The summed E-state index contributed by atoms with van der Waals surface area (Å²) >= 11 is 1.68. The number of benzene rings is 1. The molecular weight excluding hydrogens is 322 g/mol. The Kier molecular flexibility index (Phi) is 4.29. The van der Waals surface area contributed by atoms with Crippen LogP contribution in [-0.2, 0) is 16.1 Å². The van der Waals surface area contributed by atoms with Crippen LogP contribution >= 0.6 is 11.3 Å². The lowest BCUT2D eigenvalue weighted by Gasteiger charge is -2.17. The lowest BCUT2D eigenvalue weighted by molar-refractivity contribution is -0.126. The number of rotatable bonds is 5. The minimum Gasteiger partial charge on any atom is -0.497 e. The molecule has 2 aliphatic heterocycles. The van der Waals surface area contributed by atoms with E-state index in [1.54, 1.807) is 18.4 Å². The number of hydrogen-bond acceptors (Lipinski definition) is 4. The van der Waals surface area contributed by atoms with E-state index in [1.165, 1.54) is 10.4 Å². The monoisotopic (exact) mass is 343 g/mol. The predicted octanol–water partition coefficient (Wildman–Crippen LogP) is 3.61. The fraction of sp³-hybridized carbons (Fsp3) is 0.421. The minimum atomic E-state index is 0.0461. The third-order valence-electron chi connectivity index (χ3n) is 4.96. The average molecular weight is 343 g/mol. The second kappa shape index (κ2) is 6.57. The van der Waals surface area contributed by atoms with Gasteiger partial charge in [0.1, 0.15) is 5.75 Å². The number of hydrogen-bond donors (Lipinski definition) is 1. The topological polar surface area (TPSA) is 47.6 Å². The molecule has 3 atom stereocenters. The van der Waals surface area contributed by atoms with Gasteiger partial charge in [0.15, 0.2) is 0 Å². The number of ether oxygens (including phenoxy) is 2. The highest BCUT2D eigenvalue weighted by Gasteiger charge is 2.44. The van der Waals surface area contributed by atoms with Crippen LogP contribution in [0.25, 0.3) is 11.1 Å². The molecule has 4 rings (SSSR count). The van der Waals surface area contributed by atoms with Crippen molar-refractivity contribution in [1.29, 1.82) is 0 Å². The van der Waals surface area contributed by atoms with Crippen LogP contribution in [0.15, 0.2) is 35.7 Å². The van der Waals surface area contributed by atoms with E-state index in [9.17, 15) is 4.79 Å². The van der Waals surface area contributed by atoms with Gasteiger partial charge in [-0.1, -0.05) is 12.1 Å². The van der Waals surface area contributed by atoms with Gasteiger partial charge < -0.3 is 14.8 Å². The quantitative estimate of drug-likeness (QED) is 0.902. The number of carbonyl (C=O) groups excluding carboxylic acids is 1. The van der Waals surface area contributed by atoms with E-state index in [1.807, 2.05) is 12.1 Å². The Labute approximate surface area is 145 Å². The van der Waals surface area contributed by atoms with Crippen LogP contribution < -0.4 is 10.1 Å². The van der Waals surface area contributed by atoms with E-state index < -0.39 is 0 Å². The van der Waals surface area contributed by atoms with Crippen molar-refractivity contribution in [3.8, 4) is 16.9 Å². The largest absolute Gasteiger partial charge is 0.497 e. The molecule has 24 heavy (non-hydrogen) atoms. The molecule has 3 unspecified atom stereocenters. The molecule has 0 radical (unpaired) electrons. The summed E-state index contributed by atoms with van der Waals surface area (Å²) in [4.78, 5) is 13.5. The normalized spacial score (nSPS) is 25.0. The summed E-state index contributed by atoms with van der Waals surface area (Å²) in [6.45, 7) is 0.591. The molecular formula is C19H21NO3S. The molecule has 2 bridgehead atoms. The lowest BCUT2D eigenvalue weighted by Crippen LogP contribution is -2.35. The molecule has 2 saturated heterocycles. The highest BCUT2D eigenvalue weighted by molar-refractivity contribution is 7.10. The molecule has 0 spiro atoms. The van der Waals surface area contributed by atoms with Crippen LogP contribution in [0.2, 0.25) is 0 Å². The maximum absolute atomic E-state index is 12.4. The Morgan fingerprint density at radius 2 is 2.12 bits per heavy atom. The first kappa shape index (κ1) is 15.7. The molecule has 0 aliphatic carbocycles. The Morgan fingerprint density at radius 3 is 2.79 bits per heavy atom. The molecule has 1 N–H and O–H groups in total. The SMILES string of the molecule is COc1ccc(-c2csc(CNC(=O)C3CC4CCC3O4)c2)cc1. The third kappa shape index (κ3) is 3.06. The maximum Gasteiger partial charge on any atom is 0.226 e. The fourth-order valence-corrected chi connectivity index (χ4v) is 4.46. The standard InChI is InChI=1S/C19H21NO3S/c1-22-14-4-2-12(3-5-14)13-8-16(24-11-13)10-20-19(21)17-9-15-6-7-18(17)23-15/h2-5,8,11,15,17-18H,6-7,9-10H2,1H3,(H,20,21).